The van der Waals surface area contributed by atoms with Crippen molar-refractivity contribution in [2.24, 2.45) is 0 Å². The fourth-order valence-electron chi connectivity index (χ4n) is 4.77. The van der Waals surface area contributed by atoms with E-state index in [0.29, 0.717) is 12.0 Å². The number of aliphatic carboxylic acids is 1. The molecule has 5 amide bonds. The summed E-state index contributed by atoms with van der Waals surface area (Å²) in [7, 11) is 0. The topological polar surface area (TPSA) is 192 Å². The number of carbonyl (C=O) groups excluding carboxylic acids is 6. The molecule has 2 atom stereocenters. The van der Waals surface area contributed by atoms with E-state index in [2.05, 4.69) is 10.7 Å². The first-order valence-electron chi connectivity index (χ1n) is 14.0. The molecule has 2 aromatic carbocycles. The number of rotatable bonds is 11. The normalized spacial score (nSPS) is 16.9. The fraction of sp³-hybridized carbons (Fsp3) is 0.345. The standard InChI is InChI=1S/C29H29Cl2N5O10/c30-18-8-4-9-19(31)25(18)27(42)45-16-22(37)20(14-24(39)40)32-26(41)21-10-5-12-35-23(38)11-13-34(29(44)36(21)35)33-28(43)46-15-17-6-2-1-3-7-17/h1-4,6-9,20-21H,5,10-16H2,(H,32,41)(H,33,43)(H,39,40). The molecule has 2 heterocycles. The highest BCUT2D eigenvalue weighted by atomic mass is 35.5. The molecule has 0 bridgehead atoms. The van der Waals surface area contributed by atoms with Gasteiger partial charge in [0.2, 0.25) is 11.8 Å². The van der Waals surface area contributed by atoms with Gasteiger partial charge >= 0.3 is 24.1 Å². The molecule has 3 N–H and O–H groups in total. The van der Waals surface area contributed by atoms with Crippen LogP contribution in [-0.4, -0.2) is 93.6 Å². The van der Waals surface area contributed by atoms with Gasteiger partial charge in [0.15, 0.2) is 12.4 Å². The molecule has 0 saturated carbocycles. The fourth-order valence-corrected chi connectivity index (χ4v) is 5.32. The van der Waals surface area contributed by atoms with Gasteiger partial charge in [0.1, 0.15) is 18.7 Å². The first-order chi connectivity index (χ1) is 22.0. The van der Waals surface area contributed by atoms with Gasteiger partial charge < -0.3 is 19.9 Å². The summed E-state index contributed by atoms with van der Waals surface area (Å²) < 4.78 is 10.2. The lowest BCUT2D eigenvalue weighted by Crippen LogP contribution is -2.65. The molecule has 2 aromatic rings. The van der Waals surface area contributed by atoms with Crippen LogP contribution < -0.4 is 10.7 Å². The molecule has 17 heteroatoms. The van der Waals surface area contributed by atoms with Gasteiger partial charge in [0, 0.05) is 13.0 Å². The third kappa shape index (κ3) is 8.43. The maximum Gasteiger partial charge on any atom is 0.426 e. The monoisotopic (exact) mass is 677 g/mol. The number of fused-ring (bicyclic) bond motifs is 1. The zero-order valence-electron chi connectivity index (χ0n) is 24.1. The number of Topliss-reactive ketones (excluding diaryl/α,β-unsaturated/α-hetero) is 1. The van der Waals surface area contributed by atoms with E-state index < -0.39 is 66.8 Å². The first-order valence-corrected chi connectivity index (χ1v) is 14.8. The summed E-state index contributed by atoms with van der Waals surface area (Å²) in [5.41, 5.74) is 2.79. The summed E-state index contributed by atoms with van der Waals surface area (Å²) in [6.45, 7) is -1.15. The number of benzene rings is 2. The highest BCUT2D eigenvalue weighted by Crippen LogP contribution is 2.26. The van der Waals surface area contributed by atoms with Crippen LogP contribution in [0.15, 0.2) is 48.5 Å². The zero-order chi connectivity index (χ0) is 33.4. The third-order valence-electron chi connectivity index (χ3n) is 7.00. The second kappa shape index (κ2) is 15.4. The Kier molecular flexibility index (Phi) is 11.4. The molecule has 0 aromatic heterocycles. The number of esters is 1. The van der Waals surface area contributed by atoms with Gasteiger partial charge in [-0.1, -0.05) is 59.6 Å². The van der Waals surface area contributed by atoms with Gasteiger partial charge in [-0.3, -0.25) is 19.2 Å². The summed E-state index contributed by atoms with van der Waals surface area (Å²) in [4.78, 5) is 89.5. The number of halogens is 2. The number of carboxylic acid groups (broad SMARTS) is 1. The van der Waals surface area contributed by atoms with Crippen LogP contribution in [0, 0.1) is 0 Å². The summed E-state index contributed by atoms with van der Waals surface area (Å²) in [6, 6.07) is 9.08. The van der Waals surface area contributed by atoms with Crippen LogP contribution in [0.2, 0.25) is 10.0 Å². The number of hydrazine groups is 2. The van der Waals surface area contributed by atoms with Crippen molar-refractivity contribution in [1.29, 1.82) is 0 Å². The third-order valence-corrected chi connectivity index (χ3v) is 7.63. The molecule has 46 heavy (non-hydrogen) atoms. The Labute approximate surface area is 272 Å². The van der Waals surface area contributed by atoms with Crippen LogP contribution in [0.3, 0.4) is 0 Å². The molecule has 244 valence electrons. The van der Waals surface area contributed by atoms with Crippen LogP contribution in [0.4, 0.5) is 9.59 Å². The van der Waals surface area contributed by atoms with Crippen molar-refractivity contribution in [2.45, 2.75) is 44.4 Å². The molecule has 2 fully saturated rings. The average molecular weight is 678 g/mol. The van der Waals surface area contributed by atoms with E-state index in [4.69, 9.17) is 32.7 Å². The summed E-state index contributed by atoms with van der Waals surface area (Å²) in [6.07, 6.45) is -1.69. The number of hydrogen-bond acceptors (Lipinski definition) is 9. The minimum atomic E-state index is -1.67. The summed E-state index contributed by atoms with van der Waals surface area (Å²) in [5.74, 6) is -4.91. The quantitative estimate of drug-likeness (QED) is 0.298. The molecule has 2 aliphatic rings. The van der Waals surface area contributed by atoms with Gasteiger partial charge in [-0.25, -0.2) is 34.8 Å². The van der Waals surface area contributed by atoms with Crippen LogP contribution in [0.5, 0.6) is 0 Å². The number of ketones is 1. The van der Waals surface area contributed by atoms with Gasteiger partial charge in [-0.15, -0.1) is 0 Å². The predicted octanol–water partition coefficient (Wildman–Crippen LogP) is 2.55. The molecular formula is C29H29Cl2N5O10. The SMILES string of the molecule is O=C(O)CC(NC(=O)C1CCCN2C(=O)CCN(NC(=O)OCc3ccccc3)C(=O)N12)C(=O)COC(=O)c1c(Cl)cccc1Cl. The van der Waals surface area contributed by atoms with E-state index in [1.807, 2.05) is 0 Å². The highest BCUT2D eigenvalue weighted by Gasteiger charge is 2.45. The van der Waals surface area contributed by atoms with E-state index in [1.165, 1.54) is 18.2 Å². The summed E-state index contributed by atoms with van der Waals surface area (Å²) >= 11 is 12.0. The van der Waals surface area contributed by atoms with E-state index in [1.54, 1.807) is 30.3 Å². The Morgan fingerprint density at radius 1 is 0.957 bits per heavy atom. The second-order valence-corrected chi connectivity index (χ2v) is 11.0. The minimum absolute atomic E-state index is 0.0353. The molecule has 0 radical (unpaired) electrons. The Hall–Kier alpha value is -4.89. The number of ether oxygens (including phenoxy) is 2. The van der Waals surface area contributed by atoms with Crippen LogP contribution >= 0.6 is 23.2 Å². The second-order valence-electron chi connectivity index (χ2n) is 10.2. The lowest BCUT2D eigenvalue weighted by Gasteiger charge is -2.42. The number of urea groups is 1. The number of carbonyl (C=O) groups is 7. The van der Waals surface area contributed by atoms with Crippen molar-refractivity contribution in [1.82, 2.24) is 25.8 Å². The molecule has 2 unspecified atom stereocenters. The van der Waals surface area contributed by atoms with Crippen LogP contribution in [0.1, 0.15) is 41.6 Å². The zero-order valence-corrected chi connectivity index (χ0v) is 25.7. The largest absolute Gasteiger partial charge is 0.481 e. The smallest absolute Gasteiger partial charge is 0.426 e. The minimum Gasteiger partial charge on any atom is -0.481 e. The first kappa shape index (κ1) is 34.0. The highest BCUT2D eigenvalue weighted by molar-refractivity contribution is 6.39. The number of hydrogen-bond donors (Lipinski definition) is 3. The Balaban J connectivity index is 1.44. The lowest BCUT2D eigenvalue weighted by atomic mass is 10.0. The van der Waals surface area contributed by atoms with E-state index in [0.717, 1.165) is 15.0 Å². The molecule has 0 aliphatic carbocycles. The van der Waals surface area contributed by atoms with Crippen molar-refractivity contribution in [3.05, 3.63) is 69.7 Å². The number of nitrogens with zero attached hydrogens (tertiary/aromatic N) is 3. The Bertz CT molecular complexity index is 1500. The van der Waals surface area contributed by atoms with Gasteiger partial charge in [0.05, 0.1) is 28.6 Å². The number of nitrogens with one attached hydrogen (secondary N) is 2. The molecule has 15 nitrogen and oxygen atoms in total. The van der Waals surface area contributed by atoms with Crippen molar-refractivity contribution in [2.75, 3.05) is 19.7 Å². The van der Waals surface area contributed by atoms with Crippen molar-refractivity contribution in [3.8, 4) is 0 Å². The maximum absolute atomic E-state index is 13.6. The van der Waals surface area contributed by atoms with Crippen molar-refractivity contribution < 1.29 is 48.1 Å². The van der Waals surface area contributed by atoms with E-state index in [-0.39, 0.29) is 48.1 Å². The lowest BCUT2D eigenvalue weighted by molar-refractivity contribution is -0.155. The molecule has 2 saturated heterocycles. The van der Waals surface area contributed by atoms with Crippen molar-refractivity contribution >= 4 is 64.9 Å². The molecule has 2 aliphatic heterocycles. The molecular weight excluding hydrogens is 649 g/mol. The Morgan fingerprint density at radius 2 is 1.65 bits per heavy atom. The average Bonchev–Trinajstić information content (AvgIpc) is 3.14. The van der Waals surface area contributed by atoms with E-state index >= 15 is 0 Å². The van der Waals surface area contributed by atoms with Gasteiger partial charge in [-0.2, -0.15) is 0 Å². The molecule has 0 spiro atoms. The maximum atomic E-state index is 13.6. The van der Waals surface area contributed by atoms with Crippen molar-refractivity contribution in [3.63, 3.8) is 0 Å². The van der Waals surface area contributed by atoms with Gasteiger partial charge in [-0.05, 0) is 30.5 Å². The van der Waals surface area contributed by atoms with Gasteiger partial charge in [0.25, 0.3) is 0 Å². The summed E-state index contributed by atoms with van der Waals surface area (Å²) in [5, 5.41) is 14.4. The molecule has 4 rings (SSSR count). The van der Waals surface area contributed by atoms with Crippen LogP contribution in [0.25, 0.3) is 0 Å². The predicted molar refractivity (Wildman–Crippen MR) is 159 cm³/mol. The van der Waals surface area contributed by atoms with E-state index in [9.17, 15) is 38.7 Å². The number of amides is 5. The Morgan fingerprint density at radius 3 is 2.33 bits per heavy atom. The van der Waals surface area contributed by atoms with Crippen LogP contribution in [-0.2, 0) is 35.3 Å². The number of carboxylic acids is 1.